The van der Waals surface area contributed by atoms with Crippen molar-refractivity contribution in [1.82, 2.24) is 0 Å². The molecular formula is C29H41NO3. The molecule has 4 rings (SSSR count). The average molecular weight is 452 g/mol. The van der Waals surface area contributed by atoms with Crippen LogP contribution in [-0.4, -0.2) is 35.2 Å². The van der Waals surface area contributed by atoms with E-state index >= 15 is 0 Å². The van der Waals surface area contributed by atoms with Crippen LogP contribution in [0.5, 0.6) is 0 Å². The molecule has 3 fully saturated rings. The Kier molecular flexibility index (Phi) is 7.45. The van der Waals surface area contributed by atoms with Gasteiger partial charge in [0.15, 0.2) is 0 Å². The quantitative estimate of drug-likeness (QED) is 0.282. The predicted molar refractivity (Wildman–Crippen MR) is 135 cm³/mol. The fraction of sp³-hybridized carbons (Fsp3) is 0.621. The van der Waals surface area contributed by atoms with Crippen molar-refractivity contribution in [3.05, 3.63) is 59.3 Å². The maximum Gasteiger partial charge on any atom is 0.106 e. The van der Waals surface area contributed by atoms with Crippen LogP contribution in [0.25, 0.3) is 0 Å². The van der Waals surface area contributed by atoms with Gasteiger partial charge < -0.3 is 15.1 Å². The van der Waals surface area contributed by atoms with E-state index in [1.807, 2.05) is 0 Å². The number of oxime groups is 1. The lowest BCUT2D eigenvalue weighted by molar-refractivity contribution is 0.0862. The van der Waals surface area contributed by atoms with E-state index in [0.717, 1.165) is 36.1 Å². The molecule has 0 aromatic rings. The van der Waals surface area contributed by atoms with Gasteiger partial charge in [-0.2, -0.15) is 0 Å². The number of hydrogen-bond donors (Lipinski definition) is 2. The lowest BCUT2D eigenvalue weighted by atomic mass is 9.62. The first-order valence-electron chi connectivity index (χ1n) is 12.8. The summed E-state index contributed by atoms with van der Waals surface area (Å²) in [5.74, 6) is 1.65. The molecule has 0 radical (unpaired) electrons. The van der Waals surface area contributed by atoms with E-state index in [2.05, 4.69) is 56.0 Å². The van der Waals surface area contributed by atoms with Crippen molar-refractivity contribution in [2.75, 3.05) is 7.11 Å². The third kappa shape index (κ3) is 5.27. The third-order valence-corrected chi connectivity index (χ3v) is 8.38. The summed E-state index contributed by atoms with van der Waals surface area (Å²) in [5, 5.41) is 24.4. The molecule has 4 heteroatoms. The Morgan fingerprint density at radius 1 is 1.33 bits per heavy atom. The number of aliphatic hydroxyl groups is 2. The van der Waals surface area contributed by atoms with Gasteiger partial charge >= 0.3 is 0 Å². The monoisotopic (exact) mass is 451 g/mol. The van der Waals surface area contributed by atoms with Crippen LogP contribution in [0.3, 0.4) is 0 Å². The van der Waals surface area contributed by atoms with Gasteiger partial charge in [-0.1, -0.05) is 61.0 Å². The normalized spacial score (nSPS) is 36.4. The smallest absolute Gasteiger partial charge is 0.106 e. The summed E-state index contributed by atoms with van der Waals surface area (Å²) < 4.78 is 0. The van der Waals surface area contributed by atoms with E-state index in [-0.39, 0.29) is 5.41 Å². The van der Waals surface area contributed by atoms with E-state index in [1.165, 1.54) is 31.3 Å². The number of allylic oxidation sites excluding steroid dienone is 7. The average Bonchev–Trinajstić information content (AvgIpc) is 3.55. The lowest BCUT2D eigenvalue weighted by Crippen LogP contribution is -2.32. The van der Waals surface area contributed by atoms with E-state index in [9.17, 15) is 10.2 Å². The number of hydrogen-bond acceptors (Lipinski definition) is 4. The van der Waals surface area contributed by atoms with Crippen molar-refractivity contribution < 1.29 is 15.1 Å². The van der Waals surface area contributed by atoms with Gasteiger partial charge in [0.2, 0.25) is 0 Å². The molecular weight excluding hydrogens is 410 g/mol. The molecule has 4 aliphatic rings. The van der Waals surface area contributed by atoms with Crippen LogP contribution in [0.2, 0.25) is 0 Å². The Labute approximate surface area is 199 Å². The highest BCUT2D eigenvalue weighted by Gasteiger charge is 2.45. The maximum atomic E-state index is 10.2. The first-order chi connectivity index (χ1) is 15.8. The van der Waals surface area contributed by atoms with Crippen LogP contribution < -0.4 is 0 Å². The zero-order valence-electron chi connectivity index (χ0n) is 20.6. The molecule has 0 aromatic carbocycles. The topological polar surface area (TPSA) is 62.0 Å². The highest BCUT2D eigenvalue weighted by molar-refractivity contribution is 5.98. The Morgan fingerprint density at radius 2 is 2.12 bits per heavy atom. The van der Waals surface area contributed by atoms with Crippen molar-refractivity contribution in [1.29, 1.82) is 0 Å². The second kappa shape index (κ2) is 10.1. The van der Waals surface area contributed by atoms with Gasteiger partial charge in [-0.05, 0) is 85.8 Å². The van der Waals surface area contributed by atoms with Gasteiger partial charge in [0.1, 0.15) is 7.11 Å². The van der Waals surface area contributed by atoms with Crippen molar-refractivity contribution in [3.63, 3.8) is 0 Å². The predicted octanol–water partition coefficient (Wildman–Crippen LogP) is 6.04. The summed E-state index contributed by atoms with van der Waals surface area (Å²) in [4.78, 5) is 5.03. The number of nitrogens with zero attached hydrogens (tertiary/aromatic N) is 1. The van der Waals surface area contributed by atoms with Crippen LogP contribution in [0.1, 0.15) is 71.6 Å². The van der Waals surface area contributed by atoms with E-state index in [4.69, 9.17) is 4.84 Å². The second-order valence-corrected chi connectivity index (χ2v) is 10.8. The van der Waals surface area contributed by atoms with Crippen LogP contribution in [0.15, 0.2) is 64.4 Å². The van der Waals surface area contributed by atoms with Gasteiger partial charge in [-0.15, -0.1) is 0 Å². The molecule has 4 aliphatic carbocycles. The molecule has 180 valence electrons. The summed E-state index contributed by atoms with van der Waals surface area (Å²) in [6, 6.07) is 0. The summed E-state index contributed by atoms with van der Waals surface area (Å²) in [6.45, 7) is 8.89. The summed E-state index contributed by atoms with van der Waals surface area (Å²) in [6.07, 6.45) is 19.4. The van der Waals surface area contributed by atoms with Crippen molar-refractivity contribution in [2.45, 2.75) is 83.8 Å². The van der Waals surface area contributed by atoms with Gasteiger partial charge in [-0.25, -0.2) is 0 Å². The minimum Gasteiger partial charge on any atom is -0.399 e. The third-order valence-electron chi connectivity index (χ3n) is 8.38. The highest BCUT2D eigenvalue weighted by Crippen LogP contribution is 2.57. The Bertz CT molecular complexity index is 904. The summed E-state index contributed by atoms with van der Waals surface area (Å²) in [5.41, 5.74) is 6.19. The van der Waals surface area contributed by atoms with Gasteiger partial charge in [0.25, 0.3) is 0 Å². The number of rotatable bonds is 7. The molecule has 0 bridgehead atoms. The van der Waals surface area contributed by atoms with Crippen LogP contribution in [-0.2, 0) is 4.84 Å². The van der Waals surface area contributed by atoms with Gasteiger partial charge in [0.05, 0.1) is 17.9 Å². The molecule has 0 aliphatic heterocycles. The Hall–Kier alpha value is -1.91. The first kappa shape index (κ1) is 24.2. The molecule has 0 saturated heterocycles. The minimum atomic E-state index is -0.627. The lowest BCUT2D eigenvalue weighted by Gasteiger charge is -2.42. The molecule has 0 aromatic heterocycles. The fourth-order valence-corrected chi connectivity index (χ4v) is 6.33. The standard InChI is InChI=1S/C29H41NO3/c1-19(7-5-9-27(30-33-4)22-11-12-22)25-14-15-26-21(8-6-16-29(25,26)3)10-13-23-17-24(31)18-28(32)20(23)2/h5,9-10,13-14,19,22,24,26,28,31-32H,2,6-8,11-12,15-18H2,1,3-4H3/t19-,24-,26+,28+,29-/m1/s1. The number of aliphatic hydroxyl groups excluding tert-OH is 2. The van der Waals surface area contributed by atoms with Crippen LogP contribution >= 0.6 is 0 Å². The van der Waals surface area contributed by atoms with Crippen molar-refractivity contribution in [2.24, 2.45) is 28.3 Å². The van der Waals surface area contributed by atoms with Crippen molar-refractivity contribution >= 4 is 5.71 Å². The van der Waals surface area contributed by atoms with Gasteiger partial charge in [0, 0.05) is 12.3 Å². The molecule has 33 heavy (non-hydrogen) atoms. The Balaban J connectivity index is 1.44. The van der Waals surface area contributed by atoms with Crippen molar-refractivity contribution in [3.8, 4) is 0 Å². The molecule has 0 unspecified atom stereocenters. The minimum absolute atomic E-state index is 0.221. The molecule has 3 saturated carbocycles. The molecule has 0 amide bonds. The summed E-state index contributed by atoms with van der Waals surface area (Å²) in [7, 11) is 1.63. The number of fused-ring (bicyclic) bond motifs is 1. The molecule has 0 heterocycles. The maximum absolute atomic E-state index is 10.2. The first-order valence-corrected chi connectivity index (χ1v) is 12.8. The van der Waals surface area contributed by atoms with Crippen LogP contribution in [0, 0.1) is 23.2 Å². The zero-order valence-corrected chi connectivity index (χ0v) is 20.6. The van der Waals surface area contributed by atoms with Crippen LogP contribution in [0.4, 0.5) is 0 Å². The SMILES string of the molecule is C=C1C(=CC=C2CCC[C@]3(C)C([C@H](C)CC=CC(=NOC)C4CC4)=CC[C@@H]23)C[C@@H](O)C[C@@H]1O. The zero-order chi connectivity index (χ0) is 23.6. The molecule has 5 atom stereocenters. The van der Waals surface area contributed by atoms with E-state index in [0.29, 0.717) is 30.6 Å². The molecule has 4 nitrogen and oxygen atoms in total. The van der Waals surface area contributed by atoms with E-state index < -0.39 is 12.2 Å². The van der Waals surface area contributed by atoms with E-state index in [1.54, 1.807) is 12.7 Å². The highest BCUT2D eigenvalue weighted by atomic mass is 16.6. The largest absolute Gasteiger partial charge is 0.399 e. The Morgan fingerprint density at radius 3 is 2.85 bits per heavy atom. The molecule has 0 spiro atoms. The van der Waals surface area contributed by atoms with Gasteiger partial charge in [-0.3, -0.25) is 0 Å². The second-order valence-electron chi connectivity index (χ2n) is 10.8. The fourth-order valence-electron chi connectivity index (χ4n) is 6.33. The molecule has 2 N–H and O–H groups in total. The summed E-state index contributed by atoms with van der Waals surface area (Å²) >= 11 is 0.